The Bertz CT molecular complexity index is 546. The molecule has 22 heavy (non-hydrogen) atoms. The molecule has 0 saturated heterocycles. The van der Waals surface area contributed by atoms with Crippen LogP contribution in [0.1, 0.15) is 32.6 Å². The van der Waals surface area contributed by atoms with E-state index in [0.29, 0.717) is 0 Å². The SMILES string of the molecule is COC1=C(OC2CCCC2)C(C)C([C@H](N)CS(C)(=O)=O)C=C1. The largest absolute Gasteiger partial charge is 0.493 e. The Morgan fingerprint density at radius 3 is 2.55 bits per heavy atom. The van der Waals surface area contributed by atoms with Crippen LogP contribution >= 0.6 is 0 Å². The predicted octanol–water partition coefficient (Wildman–Crippen LogP) is 2.00. The van der Waals surface area contributed by atoms with Gasteiger partial charge >= 0.3 is 0 Å². The third-order valence-corrected chi connectivity index (χ3v) is 5.50. The van der Waals surface area contributed by atoms with Crippen molar-refractivity contribution in [3.05, 3.63) is 23.7 Å². The van der Waals surface area contributed by atoms with Crippen LogP contribution in [0, 0.1) is 11.8 Å². The highest BCUT2D eigenvalue weighted by Crippen LogP contribution is 2.36. The minimum Gasteiger partial charge on any atom is -0.493 e. The lowest BCUT2D eigenvalue weighted by atomic mass is 9.83. The van der Waals surface area contributed by atoms with Crippen LogP contribution in [0.4, 0.5) is 0 Å². The third-order valence-electron chi connectivity index (χ3n) is 4.51. The fourth-order valence-electron chi connectivity index (χ4n) is 3.34. The second-order valence-electron chi connectivity index (χ2n) is 6.44. The summed E-state index contributed by atoms with van der Waals surface area (Å²) in [4.78, 5) is 0. The van der Waals surface area contributed by atoms with Crippen molar-refractivity contribution < 1.29 is 17.9 Å². The molecule has 0 amide bonds. The Morgan fingerprint density at radius 1 is 1.36 bits per heavy atom. The van der Waals surface area contributed by atoms with Gasteiger partial charge in [0, 0.05) is 24.1 Å². The van der Waals surface area contributed by atoms with E-state index in [0.717, 1.165) is 24.4 Å². The smallest absolute Gasteiger partial charge is 0.156 e. The van der Waals surface area contributed by atoms with Crippen molar-refractivity contribution in [3.63, 3.8) is 0 Å². The van der Waals surface area contributed by atoms with Gasteiger partial charge in [0.2, 0.25) is 0 Å². The zero-order chi connectivity index (χ0) is 16.3. The van der Waals surface area contributed by atoms with Gasteiger partial charge in [0.1, 0.15) is 15.6 Å². The molecule has 1 saturated carbocycles. The summed E-state index contributed by atoms with van der Waals surface area (Å²) in [6.07, 6.45) is 9.78. The zero-order valence-electron chi connectivity index (χ0n) is 13.6. The van der Waals surface area contributed by atoms with E-state index in [4.69, 9.17) is 15.2 Å². The van der Waals surface area contributed by atoms with Gasteiger partial charge in [-0.3, -0.25) is 0 Å². The minimum atomic E-state index is -3.10. The lowest BCUT2D eigenvalue weighted by molar-refractivity contribution is 0.0734. The number of hydrogen-bond donors (Lipinski definition) is 1. The number of methoxy groups -OCH3 is 1. The van der Waals surface area contributed by atoms with Crippen LogP contribution in [-0.2, 0) is 19.3 Å². The number of ether oxygens (including phenoxy) is 2. The van der Waals surface area contributed by atoms with Gasteiger partial charge in [0.05, 0.1) is 19.0 Å². The molecule has 1 fully saturated rings. The molecule has 0 aromatic heterocycles. The standard InChI is InChI=1S/C16H27NO4S/c1-11-13(14(17)10-22(3,18)19)8-9-15(20-2)16(11)21-12-6-4-5-7-12/h8-9,11-14H,4-7,10,17H2,1-3H3/t11?,13?,14-/m1/s1. The summed E-state index contributed by atoms with van der Waals surface area (Å²) in [7, 11) is -1.48. The topological polar surface area (TPSA) is 78.6 Å². The fourth-order valence-corrected chi connectivity index (χ4v) is 4.26. The van der Waals surface area contributed by atoms with Gasteiger partial charge in [-0.05, 0) is 31.8 Å². The Labute approximate surface area is 133 Å². The second kappa shape index (κ2) is 7.04. The van der Waals surface area contributed by atoms with Crippen molar-refractivity contribution in [1.29, 1.82) is 0 Å². The van der Waals surface area contributed by atoms with Crippen molar-refractivity contribution in [2.24, 2.45) is 17.6 Å². The summed E-state index contributed by atoms with van der Waals surface area (Å²) in [6, 6.07) is -0.443. The van der Waals surface area contributed by atoms with Gasteiger partial charge in [0.25, 0.3) is 0 Å². The number of rotatable bonds is 6. The Hall–Kier alpha value is -1.01. The first-order valence-electron chi connectivity index (χ1n) is 7.88. The highest BCUT2D eigenvalue weighted by atomic mass is 32.2. The molecule has 0 heterocycles. The highest BCUT2D eigenvalue weighted by Gasteiger charge is 2.34. The maximum atomic E-state index is 11.5. The first-order chi connectivity index (χ1) is 10.3. The van der Waals surface area contributed by atoms with Gasteiger partial charge in [-0.1, -0.05) is 13.0 Å². The van der Waals surface area contributed by atoms with Crippen LogP contribution < -0.4 is 5.73 Å². The van der Waals surface area contributed by atoms with Crippen molar-refractivity contribution in [2.45, 2.75) is 44.8 Å². The maximum absolute atomic E-state index is 11.5. The molecule has 3 atom stereocenters. The normalized spacial score (nSPS) is 28.0. The molecule has 0 aromatic rings. The van der Waals surface area contributed by atoms with E-state index >= 15 is 0 Å². The molecule has 2 unspecified atom stereocenters. The molecular weight excluding hydrogens is 302 g/mol. The summed E-state index contributed by atoms with van der Waals surface area (Å²) in [5.41, 5.74) is 6.13. The molecular formula is C16H27NO4S. The Balaban J connectivity index is 2.14. The van der Waals surface area contributed by atoms with E-state index < -0.39 is 15.9 Å². The van der Waals surface area contributed by atoms with E-state index in [9.17, 15) is 8.42 Å². The predicted molar refractivity (Wildman–Crippen MR) is 86.9 cm³/mol. The van der Waals surface area contributed by atoms with E-state index in [-0.39, 0.29) is 23.7 Å². The molecule has 2 N–H and O–H groups in total. The van der Waals surface area contributed by atoms with E-state index in [1.165, 1.54) is 19.1 Å². The number of nitrogens with two attached hydrogens (primary N) is 1. The molecule has 126 valence electrons. The number of allylic oxidation sites excluding steroid dienone is 2. The van der Waals surface area contributed by atoms with Crippen molar-refractivity contribution >= 4 is 9.84 Å². The van der Waals surface area contributed by atoms with E-state index in [2.05, 4.69) is 0 Å². The van der Waals surface area contributed by atoms with Crippen LogP contribution in [0.3, 0.4) is 0 Å². The van der Waals surface area contributed by atoms with Gasteiger partial charge < -0.3 is 15.2 Å². The summed E-state index contributed by atoms with van der Waals surface area (Å²) in [5.74, 6) is 1.46. The van der Waals surface area contributed by atoms with Crippen LogP contribution in [0.25, 0.3) is 0 Å². The Kier molecular flexibility index (Phi) is 5.55. The summed E-state index contributed by atoms with van der Waals surface area (Å²) >= 11 is 0. The summed E-state index contributed by atoms with van der Waals surface area (Å²) < 4.78 is 34.6. The molecule has 2 aliphatic carbocycles. The van der Waals surface area contributed by atoms with Crippen molar-refractivity contribution in [3.8, 4) is 0 Å². The molecule has 0 aromatic carbocycles. The zero-order valence-corrected chi connectivity index (χ0v) is 14.4. The summed E-state index contributed by atoms with van der Waals surface area (Å²) in [6.45, 7) is 2.03. The number of hydrogen-bond acceptors (Lipinski definition) is 5. The first-order valence-corrected chi connectivity index (χ1v) is 9.94. The lowest BCUT2D eigenvalue weighted by Crippen LogP contribution is -2.41. The van der Waals surface area contributed by atoms with Gasteiger partial charge in [-0.25, -0.2) is 8.42 Å². The molecule has 2 rings (SSSR count). The van der Waals surface area contributed by atoms with E-state index in [1.807, 2.05) is 19.1 Å². The molecule has 0 spiro atoms. The second-order valence-corrected chi connectivity index (χ2v) is 8.62. The fraction of sp³-hybridized carbons (Fsp3) is 0.750. The van der Waals surface area contributed by atoms with Crippen LogP contribution in [0.15, 0.2) is 23.7 Å². The van der Waals surface area contributed by atoms with Crippen LogP contribution in [-0.4, -0.2) is 39.7 Å². The average Bonchev–Trinajstić information content (AvgIpc) is 2.91. The quantitative estimate of drug-likeness (QED) is 0.806. The molecule has 0 aliphatic heterocycles. The maximum Gasteiger partial charge on any atom is 0.156 e. The first kappa shape index (κ1) is 17.3. The Morgan fingerprint density at radius 2 is 2.00 bits per heavy atom. The minimum absolute atomic E-state index is 0.0114. The third kappa shape index (κ3) is 4.26. The summed E-state index contributed by atoms with van der Waals surface area (Å²) in [5, 5.41) is 0. The highest BCUT2D eigenvalue weighted by molar-refractivity contribution is 7.90. The van der Waals surface area contributed by atoms with Crippen LogP contribution in [0.2, 0.25) is 0 Å². The van der Waals surface area contributed by atoms with Crippen molar-refractivity contribution in [2.75, 3.05) is 19.1 Å². The molecule has 0 radical (unpaired) electrons. The van der Waals surface area contributed by atoms with Crippen LogP contribution in [0.5, 0.6) is 0 Å². The molecule has 6 heteroatoms. The molecule has 0 bridgehead atoms. The monoisotopic (exact) mass is 329 g/mol. The van der Waals surface area contributed by atoms with Crippen molar-refractivity contribution in [1.82, 2.24) is 0 Å². The van der Waals surface area contributed by atoms with Gasteiger partial charge in [0.15, 0.2) is 5.76 Å². The lowest BCUT2D eigenvalue weighted by Gasteiger charge is -2.33. The van der Waals surface area contributed by atoms with Gasteiger partial charge in [-0.15, -0.1) is 0 Å². The average molecular weight is 329 g/mol. The van der Waals surface area contributed by atoms with E-state index in [1.54, 1.807) is 7.11 Å². The van der Waals surface area contributed by atoms with Gasteiger partial charge in [-0.2, -0.15) is 0 Å². The number of sulfone groups is 1. The molecule has 5 nitrogen and oxygen atoms in total. The molecule has 2 aliphatic rings.